The van der Waals surface area contributed by atoms with E-state index in [1.807, 2.05) is 0 Å². The Balaban J connectivity index is 0.00000289. The van der Waals surface area contributed by atoms with Gasteiger partial charge in [0.25, 0.3) is 0 Å². The molecule has 3 heterocycles. The number of carbonyl (C=O) groups excluding carboxylic acids is 1. The molecule has 1 unspecified atom stereocenters. The van der Waals surface area contributed by atoms with E-state index in [9.17, 15) is 32.4 Å². The maximum Gasteiger partial charge on any atom is 0.332 e. The van der Waals surface area contributed by atoms with E-state index in [2.05, 4.69) is 15.0 Å². The summed E-state index contributed by atoms with van der Waals surface area (Å²) in [5.41, 5.74) is 4.07. The number of ketones is 1. The van der Waals surface area contributed by atoms with Gasteiger partial charge in [-0.15, -0.1) is 16.3 Å². The minimum atomic E-state index is -4.95. The van der Waals surface area contributed by atoms with Crippen molar-refractivity contribution in [1.29, 1.82) is 0 Å². The zero-order chi connectivity index (χ0) is 22.6. The quantitative estimate of drug-likeness (QED) is 0.272. The van der Waals surface area contributed by atoms with Gasteiger partial charge in [0.2, 0.25) is 11.3 Å². The number of amidine groups is 2. The first kappa shape index (κ1) is 24.2. The SMILES string of the molecule is Cl.NC1=NCN=C2N([C@@H]3O[C@H](CO)[C@@H](O)[C@H]3O)C=NC12C(=O)c1ccc(S(=O)(=O)F)cc1. The molecule has 4 rings (SSSR count). The maximum atomic E-state index is 13.4. The number of Topliss-reactive ketones (excluding diaryl/α,β-unsaturated/α-hetero) is 1. The van der Waals surface area contributed by atoms with Gasteiger partial charge in [-0.3, -0.25) is 9.69 Å². The summed E-state index contributed by atoms with van der Waals surface area (Å²) in [6.07, 6.45) is -3.96. The number of fused-ring (bicyclic) bond motifs is 1. The number of hydrogen-bond donors (Lipinski definition) is 4. The lowest BCUT2D eigenvalue weighted by molar-refractivity contribution is -0.0512. The second-order valence-corrected chi connectivity index (χ2v) is 8.40. The number of hydrogen-bond acceptors (Lipinski definition) is 12. The number of aliphatic hydroxyl groups excluding tert-OH is 3. The van der Waals surface area contributed by atoms with Crippen LogP contribution >= 0.6 is 12.4 Å². The highest BCUT2D eigenvalue weighted by Crippen LogP contribution is 2.34. The first-order chi connectivity index (χ1) is 14.6. The number of ether oxygens (including phenoxy) is 1. The third-order valence-corrected chi connectivity index (χ3v) is 6.13. The molecule has 3 aliphatic heterocycles. The maximum absolute atomic E-state index is 13.4. The lowest BCUT2D eigenvalue weighted by atomic mass is 9.86. The van der Waals surface area contributed by atoms with Gasteiger partial charge in [-0.25, -0.2) is 15.0 Å². The molecule has 12 nitrogen and oxygen atoms in total. The molecule has 0 aliphatic carbocycles. The Bertz CT molecular complexity index is 1110. The van der Waals surface area contributed by atoms with Gasteiger partial charge in [0.05, 0.1) is 17.8 Å². The molecule has 1 saturated heterocycles. The Labute approximate surface area is 187 Å². The van der Waals surface area contributed by atoms with Crippen molar-refractivity contribution in [2.24, 2.45) is 20.7 Å². The highest BCUT2D eigenvalue weighted by molar-refractivity contribution is 7.86. The normalized spacial score (nSPS) is 31.6. The second-order valence-electron chi connectivity index (χ2n) is 7.05. The number of carbonyl (C=O) groups is 1. The van der Waals surface area contributed by atoms with Crippen molar-refractivity contribution in [3.05, 3.63) is 29.8 Å². The molecule has 0 spiro atoms. The molecule has 15 heteroatoms. The number of benzene rings is 1. The minimum absolute atomic E-state index is 0. The molecule has 0 saturated carbocycles. The van der Waals surface area contributed by atoms with Crippen molar-refractivity contribution >= 4 is 46.4 Å². The van der Waals surface area contributed by atoms with Crippen molar-refractivity contribution < 1.29 is 37.2 Å². The van der Waals surface area contributed by atoms with E-state index in [-0.39, 0.29) is 36.3 Å². The summed E-state index contributed by atoms with van der Waals surface area (Å²) in [4.78, 5) is 26.3. The first-order valence-corrected chi connectivity index (χ1v) is 10.4. The van der Waals surface area contributed by atoms with Crippen LogP contribution in [-0.4, -0.2) is 95.8 Å². The number of aliphatic imine (C=N–C) groups is 3. The number of aliphatic hydroxyl groups is 3. The summed E-state index contributed by atoms with van der Waals surface area (Å²) in [6.45, 7) is -0.687. The van der Waals surface area contributed by atoms with Gasteiger partial charge in [-0.2, -0.15) is 8.42 Å². The van der Waals surface area contributed by atoms with Gasteiger partial charge >= 0.3 is 10.2 Å². The Morgan fingerprint density at radius 2 is 1.91 bits per heavy atom. The third-order valence-electron chi connectivity index (χ3n) is 5.29. The molecular weight excluding hydrogens is 473 g/mol. The van der Waals surface area contributed by atoms with E-state index in [1.54, 1.807) is 0 Å². The Morgan fingerprint density at radius 3 is 2.47 bits per heavy atom. The minimum Gasteiger partial charge on any atom is -0.394 e. The molecule has 0 aromatic heterocycles. The van der Waals surface area contributed by atoms with Crippen LogP contribution in [0.5, 0.6) is 0 Å². The van der Waals surface area contributed by atoms with Crippen LogP contribution in [0, 0.1) is 0 Å². The lowest BCUT2D eigenvalue weighted by Gasteiger charge is -2.33. The fourth-order valence-electron chi connectivity index (χ4n) is 3.67. The van der Waals surface area contributed by atoms with Crippen molar-refractivity contribution in [2.45, 2.75) is 35.0 Å². The molecule has 0 bridgehead atoms. The Morgan fingerprint density at radius 1 is 1.25 bits per heavy atom. The van der Waals surface area contributed by atoms with Gasteiger partial charge in [-0.05, 0) is 24.3 Å². The van der Waals surface area contributed by atoms with Gasteiger partial charge in [0.15, 0.2) is 12.1 Å². The zero-order valence-corrected chi connectivity index (χ0v) is 17.8. The summed E-state index contributed by atoms with van der Waals surface area (Å²) >= 11 is 0. The largest absolute Gasteiger partial charge is 0.394 e. The van der Waals surface area contributed by atoms with Crippen LogP contribution in [0.25, 0.3) is 0 Å². The molecule has 1 aromatic rings. The van der Waals surface area contributed by atoms with Crippen molar-refractivity contribution in [3.8, 4) is 0 Å². The second kappa shape index (κ2) is 8.46. The monoisotopic (exact) mass is 491 g/mol. The van der Waals surface area contributed by atoms with Gasteiger partial charge in [-0.1, -0.05) is 0 Å². The van der Waals surface area contributed by atoms with Crippen molar-refractivity contribution in [2.75, 3.05) is 13.3 Å². The van der Waals surface area contributed by atoms with Gasteiger partial charge < -0.3 is 25.8 Å². The van der Waals surface area contributed by atoms with Crippen LogP contribution in [0.2, 0.25) is 0 Å². The summed E-state index contributed by atoms with van der Waals surface area (Å²) in [7, 11) is -4.95. The predicted molar refractivity (Wildman–Crippen MR) is 111 cm³/mol. The van der Waals surface area contributed by atoms with E-state index in [1.165, 1.54) is 4.90 Å². The summed E-state index contributed by atoms with van der Waals surface area (Å²) in [5.74, 6) is -0.947. The molecule has 5 N–H and O–H groups in total. The lowest BCUT2D eigenvalue weighted by Crippen LogP contribution is -2.60. The van der Waals surface area contributed by atoms with Gasteiger partial charge in [0, 0.05) is 5.56 Å². The number of nitrogens with zero attached hydrogens (tertiary/aromatic N) is 4. The van der Waals surface area contributed by atoms with Crippen LogP contribution in [0.4, 0.5) is 3.89 Å². The van der Waals surface area contributed by atoms with E-state index in [0.29, 0.717) is 0 Å². The van der Waals surface area contributed by atoms with Crippen LogP contribution in [0.1, 0.15) is 10.4 Å². The summed E-state index contributed by atoms with van der Waals surface area (Å²) in [5, 5.41) is 29.7. The van der Waals surface area contributed by atoms with E-state index in [0.717, 1.165) is 30.6 Å². The zero-order valence-electron chi connectivity index (χ0n) is 16.1. The fourth-order valence-corrected chi connectivity index (χ4v) is 4.13. The number of halogens is 2. The highest BCUT2D eigenvalue weighted by Gasteiger charge is 2.58. The number of nitrogens with two attached hydrogens (primary N) is 1. The highest BCUT2D eigenvalue weighted by atomic mass is 35.5. The van der Waals surface area contributed by atoms with E-state index < -0.39 is 57.6 Å². The third kappa shape index (κ3) is 3.58. The molecule has 1 aromatic carbocycles. The van der Waals surface area contributed by atoms with Crippen LogP contribution in [-0.2, 0) is 15.0 Å². The van der Waals surface area contributed by atoms with Crippen molar-refractivity contribution in [1.82, 2.24) is 4.90 Å². The van der Waals surface area contributed by atoms with Crippen LogP contribution in [0.3, 0.4) is 0 Å². The molecule has 1 fully saturated rings. The molecule has 174 valence electrons. The average Bonchev–Trinajstić information content (AvgIpc) is 3.26. The van der Waals surface area contributed by atoms with Gasteiger partial charge in [0.1, 0.15) is 30.8 Å². The Kier molecular flexibility index (Phi) is 6.38. The predicted octanol–water partition coefficient (Wildman–Crippen LogP) is -1.80. The number of rotatable bonds is 5. The van der Waals surface area contributed by atoms with E-state index in [4.69, 9.17) is 10.5 Å². The molecule has 0 radical (unpaired) electrons. The van der Waals surface area contributed by atoms with Crippen molar-refractivity contribution in [3.63, 3.8) is 0 Å². The molecule has 32 heavy (non-hydrogen) atoms. The Hall–Kier alpha value is -2.49. The molecule has 5 atom stereocenters. The summed E-state index contributed by atoms with van der Waals surface area (Å²) in [6, 6.07) is 4.06. The average molecular weight is 492 g/mol. The first-order valence-electron chi connectivity index (χ1n) is 9.02. The van der Waals surface area contributed by atoms with Crippen LogP contribution in [0.15, 0.2) is 44.1 Å². The molecule has 0 amide bonds. The van der Waals surface area contributed by atoms with Crippen LogP contribution < -0.4 is 5.73 Å². The van der Waals surface area contributed by atoms with E-state index >= 15 is 0 Å². The molecular formula is C17H19ClFN5O7S. The topological polar surface area (TPSA) is 187 Å². The fraction of sp³-hybridized carbons (Fsp3) is 0.412. The smallest absolute Gasteiger partial charge is 0.332 e. The standard InChI is InChI=1S/C17H18FN5O7S.ClH/c18-31(28,29)9-3-1-8(2-4-9)13(27)17-15(19)20-6-21-16(17)23(7-22-17)14-12(26)11(25)10(5-24)30-14;/h1-4,7,10-12,14,24-26H,5-6H2,(H2,19,20);1H/t10-,11-,12-,14-,17?;/m1./s1. The summed E-state index contributed by atoms with van der Waals surface area (Å²) < 4.78 is 40.7. The molecule has 3 aliphatic rings.